The minimum Gasteiger partial charge on any atom is -0.377 e. The normalized spacial score (nSPS) is 15.3. The third kappa shape index (κ3) is 4.79. The predicted molar refractivity (Wildman–Crippen MR) is 75.4 cm³/mol. The SMILES string of the molecule is CC(C)NCc1ccccc1COCCC1CC1. The fourth-order valence-electron chi connectivity index (χ4n) is 2.02. The molecule has 18 heavy (non-hydrogen) atoms. The Morgan fingerprint density at radius 3 is 2.61 bits per heavy atom. The molecule has 0 aliphatic heterocycles. The van der Waals surface area contributed by atoms with Gasteiger partial charge in [-0.25, -0.2) is 0 Å². The van der Waals surface area contributed by atoms with E-state index >= 15 is 0 Å². The zero-order valence-electron chi connectivity index (χ0n) is 11.6. The van der Waals surface area contributed by atoms with Crippen LogP contribution in [0.4, 0.5) is 0 Å². The highest BCUT2D eigenvalue weighted by atomic mass is 16.5. The summed E-state index contributed by atoms with van der Waals surface area (Å²) in [6, 6.07) is 9.08. The first-order valence-corrected chi connectivity index (χ1v) is 7.13. The Hall–Kier alpha value is -0.860. The fraction of sp³-hybridized carbons (Fsp3) is 0.625. The van der Waals surface area contributed by atoms with Gasteiger partial charge in [-0.1, -0.05) is 51.0 Å². The van der Waals surface area contributed by atoms with E-state index < -0.39 is 0 Å². The monoisotopic (exact) mass is 247 g/mol. The lowest BCUT2D eigenvalue weighted by molar-refractivity contribution is 0.114. The Morgan fingerprint density at radius 2 is 1.94 bits per heavy atom. The highest BCUT2D eigenvalue weighted by Crippen LogP contribution is 2.32. The second-order valence-electron chi connectivity index (χ2n) is 5.59. The van der Waals surface area contributed by atoms with Crippen LogP contribution >= 0.6 is 0 Å². The smallest absolute Gasteiger partial charge is 0.0720 e. The van der Waals surface area contributed by atoms with Gasteiger partial charge in [0.15, 0.2) is 0 Å². The number of hydrogen-bond donors (Lipinski definition) is 1. The van der Waals surface area contributed by atoms with Crippen LogP contribution in [0.3, 0.4) is 0 Å². The van der Waals surface area contributed by atoms with E-state index in [-0.39, 0.29) is 0 Å². The lowest BCUT2D eigenvalue weighted by atomic mass is 10.1. The van der Waals surface area contributed by atoms with Crippen LogP contribution in [0.25, 0.3) is 0 Å². The van der Waals surface area contributed by atoms with Crippen LogP contribution in [0, 0.1) is 5.92 Å². The molecule has 2 heteroatoms. The van der Waals surface area contributed by atoms with Crippen molar-refractivity contribution in [3.63, 3.8) is 0 Å². The van der Waals surface area contributed by atoms with Gasteiger partial charge in [0, 0.05) is 19.2 Å². The van der Waals surface area contributed by atoms with Gasteiger partial charge in [0.1, 0.15) is 0 Å². The van der Waals surface area contributed by atoms with Crippen molar-refractivity contribution in [3.8, 4) is 0 Å². The van der Waals surface area contributed by atoms with Crippen LogP contribution in [0.2, 0.25) is 0 Å². The van der Waals surface area contributed by atoms with E-state index in [4.69, 9.17) is 4.74 Å². The third-order valence-electron chi connectivity index (χ3n) is 3.44. The van der Waals surface area contributed by atoms with Crippen molar-refractivity contribution in [2.24, 2.45) is 5.92 Å². The maximum atomic E-state index is 5.79. The van der Waals surface area contributed by atoms with E-state index in [1.807, 2.05) is 0 Å². The molecule has 0 unspecified atom stereocenters. The first-order valence-electron chi connectivity index (χ1n) is 7.13. The van der Waals surface area contributed by atoms with E-state index in [1.54, 1.807) is 0 Å². The predicted octanol–water partition coefficient (Wildman–Crippen LogP) is 3.50. The van der Waals surface area contributed by atoms with Crippen molar-refractivity contribution in [2.45, 2.75) is 52.3 Å². The lowest BCUT2D eigenvalue weighted by Crippen LogP contribution is -2.22. The van der Waals surface area contributed by atoms with Gasteiger partial charge < -0.3 is 10.1 Å². The molecular weight excluding hydrogens is 222 g/mol. The van der Waals surface area contributed by atoms with E-state index in [9.17, 15) is 0 Å². The van der Waals surface area contributed by atoms with Crippen LogP contribution in [-0.4, -0.2) is 12.6 Å². The molecule has 0 atom stereocenters. The quantitative estimate of drug-likeness (QED) is 0.710. The van der Waals surface area contributed by atoms with Crippen LogP contribution in [0.1, 0.15) is 44.2 Å². The zero-order valence-corrected chi connectivity index (χ0v) is 11.6. The van der Waals surface area contributed by atoms with Gasteiger partial charge in [0.25, 0.3) is 0 Å². The molecule has 0 bridgehead atoms. The van der Waals surface area contributed by atoms with Gasteiger partial charge in [0.2, 0.25) is 0 Å². The van der Waals surface area contributed by atoms with Crippen molar-refractivity contribution in [1.29, 1.82) is 0 Å². The molecule has 0 saturated heterocycles. The fourth-order valence-corrected chi connectivity index (χ4v) is 2.02. The number of rotatable bonds is 8. The van der Waals surface area contributed by atoms with Crippen LogP contribution in [0.5, 0.6) is 0 Å². The Morgan fingerprint density at radius 1 is 1.22 bits per heavy atom. The highest BCUT2D eigenvalue weighted by Gasteiger charge is 2.20. The number of nitrogens with one attached hydrogen (secondary N) is 1. The van der Waals surface area contributed by atoms with Crippen LogP contribution in [0.15, 0.2) is 24.3 Å². The maximum absolute atomic E-state index is 5.79. The molecule has 1 aliphatic rings. The van der Waals surface area contributed by atoms with Crippen molar-refractivity contribution < 1.29 is 4.74 Å². The van der Waals surface area contributed by atoms with Gasteiger partial charge in [-0.3, -0.25) is 0 Å². The summed E-state index contributed by atoms with van der Waals surface area (Å²) in [5.41, 5.74) is 2.68. The summed E-state index contributed by atoms with van der Waals surface area (Å²) >= 11 is 0. The highest BCUT2D eigenvalue weighted by molar-refractivity contribution is 5.26. The van der Waals surface area contributed by atoms with E-state index in [1.165, 1.54) is 30.4 Å². The summed E-state index contributed by atoms with van der Waals surface area (Å²) in [5.74, 6) is 0.961. The lowest BCUT2D eigenvalue weighted by Gasteiger charge is -2.13. The Labute approximate surface area is 111 Å². The number of ether oxygens (including phenoxy) is 1. The second kappa shape index (κ2) is 6.91. The first kappa shape index (κ1) is 13.6. The first-order chi connectivity index (χ1) is 8.75. The van der Waals surface area contributed by atoms with Gasteiger partial charge >= 0.3 is 0 Å². The van der Waals surface area contributed by atoms with Crippen molar-refractivity contribution in [2.75, 3.05) is 6.61 Å². The summed E-state index contributed by atoms with van der Waals surface area (Å²) in [6.45, 7) is 6.95. The average Bonchev–Trinajstić information content (AvgIpc) is 3.17. The molecule has 1 aromatic carbocycles. The summed E-state index contributed by atoms with van der Waals surface area (Å²) < 4.78 is 5.79. The third-order valence-corrected chi connectivity index (χ3v) is 3.44. The van der Waals surface area contributed by atoms with Crippen molar-refractivity contribution in [3.05, 3.63) is 35.4 Å². The Bertz CT molecular complexity index is 358. The van der Waals surface area contributed by atoms with Gasteiger partial charge in [-0.15, -0.1) is 0 Å². The molecule has 1 aromatic rings. The summed E-state index contributed by atoms with van der Waals surface area (Å²) in [5, 5.41) is 3.47. The average molecular weight is 247 g/mol. The van der Waals surface area contributed by atoms with Crippen LogP contribution < -0.4 is 5.32 Å². The van der Waals surface area contributed by atoms with Gasteiger partial charge in [-0.05, 0) is 23.5 Å². The minimum atomic E-state index is 0.522. The molecule has 1 N–H and O–H groups in total. The molecule has 1 fully saturated rings. The molecule has 1 aliphatic carbocycles. The molecular formula is C16H25NO. The molecule has 0 amide bonds. The van der Waals surface area contributed by atoms with Gasteiger partial charge in [-0.2, -0.15) is 0 Å². The molecule has 0 radical (unpaired) electrons. The molecule has 100 valence electrons. The van der Waals surface area contributed by atoms with Crippen molar-refractivity contribution >= 4 is 0 Å². The summed E-state index contributed by atoms with van der Waals surface area (Å²) in [4.78, 5) is 0. The van der Waals surface area contributed by atoms with E-state index in [0.717, 1.165) is 25.7 Å². The standard InChI is InChI=1S/C16H25NO/c1-13(2)17-11-15-5-3-4-6-16(15)12-18-10-9-14-7-8-14/h3-6,13-14,17H,7-12H2,1-2H3. The van der Waals surface area contributed by atoms with E-state index in [2.05, 4.69) is 43.4 Å². The van der Waals surface area contributed by atoms with Crippen molar-refractivity contribution in [1.82, 2.24) is 5.32 Å². The molecule has 0 heterocycles. The Kier molecular flexibility index (Phi) is 5.21. The molecule has 2 rings (SSSR count). The molecule has 0 spiro atoms. The molecule has 2 nitrogen and oxygen atoms in total. The Balaban J connectivity index is 1.77. The van der Waals surface area contributed by atoms with E-state index in [0.29, 0.717) is 6.04 Å². The molecule has 0 aromatic heterocycles. The number of benzene rings is 1. The summed E-state index contributed by atoms with van der Waals surface area (Å²) in [7, 11) is 0. The second-order valence-corrected chi connectivity index (χ2v) is 5.59. The summed E-state index contributed by atoms with van der Waals surface area (Å²) in [6.07, 6.45) is 4.07. The zero-order chi connectivity index (χ0) is 12.8. The number of hydrogen-bond acceptors (Lipinski definition) is 2. The topological polar surface area (TPSA) is 21.3 Å². The van der Waals surface area contributed by atoms with Crippen LogP contribution in [-0.2, 0) is 17.9 Å². The van der Waals surface area contributed by atoms with Gasteiger partial charge in [0.05, 0.1) is 6.61 Å². The largest absolute Gasteiger partial charge is 0.377 e. The minimum absolute atomic E-state index is 0.522. The maximum Gasteiger partial charge on any atom is 0.0720 e. The molecule has 1 saturated carbocycles.